The summed E-state index contributed by atoms with van der Waals surface area (Å²) in [4.78, 5) is 16.4. The van der Waals surface area contributed by atoms with Gasteiger partial charge >= 0.3 is 0 Å². The zero-order valence-corrected chi connectivity index (χ0v) is 14.4. The Morgan fingerprint density at radius 3 is 2.58 bits per heavy atom. The van der Waals surface area contributed by atoms with Gasteiger partial charge in [0.25, 0.3) is 0 Å². The number of para-hydroxylation sites is 1. The van der Waals surface area contributed by atoms with Gasteiger partial charge in [0.05, 0.1) is 0 Å². The van der Waals surface area contributed by atoms with Crippen molar-refractivity contribution in [3.63, 3.8) is 0 Å². The number of nitrogens with zero attached hydrogens (tertiary/aromatic N) is 2. The first-order chi connectivity index (χ1) is 11.5. The number of aromatic nitrogens is 2. The number of carbonyl (C=O) groups excluding carboxylic acids is 1. The molecule has 1 aliphatic carbocycles. The van der Waals surface area contributed by atoms with Gasteiger partial charge in [0, 0.05) is 24.1 Å². The third kappa shape index (κ3) is 3.21. The molecule has 1 heterocycles. The molecule has 0 saturated heterocycles. The summed E-state index contributed by atoms with van der Waals surface area (Å²) in [6.07, 6.45) is 6.99. The van der Waals surface area contributed by atoms with Gasteiger partial charge < -0.3 is 5.32 Å². The number of hydrogen-bond acceptors (Lipinski definition) is 4. The van der Waals surface area contributed by atoms with E-state index in [2.05, 4.69) is 10.3 Å². The van der Waals surface area contributed by atoms with E-state index in [0.29, 0.717) is 5.69 Å². The molecule has 6 nitrogen and oxygen atoms in total. The van der Waals surface area contributed by atoms with Crippen LogP contribution in [-0.4, -0.2) is 35.2 Å². The molecular weight excluding hydrogens is 326 g/mol. The van der Waals surface area contributed by atoms with Gasteiger partial charge in [-0.25, -0.2) is 13.4 Å². The fourth-order valence-electron chi connectivity index (χ4n) is 2.97. The average Bonchev–Trinajstić information content (AvgIpc) is 3.26. The van der Waals surface area contributed by atoms with Crippen LogP contribution < -0.4 is 5.32 Å². The number of imidazole rings is 1. The van der Waals surface area contributed by atoms with E-state index < -0.39 is 21.0 Å². The van der Waals surface area contributed by atoms with Gasteiger partial charge in [-0.3, -0.25) is 9.36 Å². The summed E-state index contributed by atoms with van der Waals surface area (Å²) in [5, 5.41) is 1.56. The Bertz CT molecular complexity index is 809. The zero-order valence-electron chi connectivity index (χ0n) is 13.6. The van der Waals surface area contributed by atoms with E-state index in [1.165, 1.54) is 17.7 Å². The molecule has 1 N–H and O–H groups in total. The Morgan fingerprint density at radius 2 is 1.92 bits per heavy atom. The molecule has 1 atom stereocenters. The molecule has 0 bridgehead atoms. The minimum atomic E-state index is -3.88. The second-order valence-corrected chi connectivity index (χ2v) is 8.25. The lowest BCUT2D eigenvalue weighted by Crippen LogP contribution is -2.42. The van der Waals surface area contributed by atoms with Gasteiger partial charge in [-0.15, -0.1) is 0 Å². The summed E-state index contributed by atoms with van der Waals surface area (Å²) in [7, 11) is -3.88. The molecule has 0 unspecified atom stereocenters. The molecule has 2 aromatic rings. The molecule has 1 amide bonds. The number of sulfone groups is 1. The molecule has 1 aromatic heterocycles. The van der Waals surface area contributed by atoms with Crippen LogP contribution in [0.2, 0.25) is 0 Å². The molecular formula is C17H21N3O3S. The second kappa shape index (κ2) is 6.76. The number of nitrogens with one attached hydrogen (secondary N) is 1. The van der Waals surface area contributed by atoms with Crippen LogP contribution in [0.15, 0.2) is 47.9 Å². The lowest BCUT2D eigenvalue weighted by atomic mass is 10.2. The Morgan fingerprint density at radius 1 is 1.25 bits per heavy atom. The molecule has 7 heteroatoms. The summed E-state index contributed by atoms with van der Waals surface area (Å²) in [5.41, 5.74) is 0.692. The van der Waals surface area contributed by atoms with Crippen LogP contribution in [0.1, 0.15) is 32.6 Å². The van der Waals surface area contributed by atoms with Gasteiger partial charge in [-0.1, -0.05) is 31.0 Å². The second-order valence-electron chi connectivity index (χ2n) is 6.09. The molecule has 0 radical (unpaired) electrons. The zero-order chi connectivity index (χ0) is 17.2. The molecule has 24 heavy (non-hydrogen) atoms. The van der Waals surface area contributed by atoms with Crippen molar-refractivity contribution in [2.75, 3.05) is 0 Å². The van der Waals surface area contributed by atoms with E-state index in [0.717, 1.165) is 25.7 Å². The standard InChI is InChI=1S/C17H21N3O3S/c1-13(16(21)19-14-7-5-6-8-14)24(22,23)17-18-11-12-20(17)15-9-3-2-4-10-15/h2-4,9-14H,5-8H2,1H3,(H,19,21)/t13-/m0/s1. The highest BCUT2D eigenvalue weighted by molar-refractivity contribution is 7.92. The minimum absolute atomic E-state index is 0.0871. The van der Waals surface area contributed by atoms with Crippen molar-refractivity contribution in [3.8, 4) is 5.69 Å². The predicted octanol–water partition coefficient (Wildman–Crippen LogP) is 2.09. The topological polar surface area (TPSA) is 81.1 Å². The van der Waals surface area contributed by atoms with Crippen LogP contribution in [-0.2, 0) is 14.6 Å². The SMILES string of the molecule is C[C@@H](C(=O)NC1CCCC1)S(=O)(=O)c1nccn1-c1ccccc1. The van der Waals surface area contributed by atoms with Crippen LogP contribution in [0.5, 0.6) is 0 Å². The summed E-state index contributed by atoms with van der Waals surface area (Å²) >= 11 is 0. The number of rotatable bonds is 5. The van der Waals surface area contributed by atoms with Gasteiger partial charge in [-0.2, -0.15) is 0 Å². The Labute approximate surface area is 141 Å². The first-order valence-corrected chi connectivity index (χ1v) is 9.68. The van der Waals surface area contributed by atoms with Gasteiger partial charge in [0.1, 0.15) is 5.25 Å². The van der Waals surface area contributed by atoms with E-state index in [9.17, 15) is 13.2 Å². The Kier molecular flexibility index (Phi) is 4.71. The number of benzene rings is 1. The van der Waals surface area contributed by atoms with Crippen molar-refractivity contribution < 1.29 is 13.2 Å². The fraction of sp³-hybridized carbons (Fsp3) is 0.412. The number of carbonyl (C=O) groups is 1. The maximum absolute atomic E-state index is 12.9. The summed E-state index contributed by atoms with van der Waals surface area (Å²) in [5.74, 6) is -0.454. The van der Waals surface area contributed by atoms with Crippen molar-refractivity contribution in [3.05, 3.63) is 42.7 Å². The lowest BCUT2D eigenvalue weighted by molar-refractivity contribution is -0.121. The molecule has 1 aromatic carbocycles. The van der Waals surface area contributed by atoms with E-state index in [1.54, 1.807) is 18.3 Å². The van der Waals surface area contributed by atoms with E-state index >= 15 is 0 Å². The van der Waals surface area contributed by atoms with Crippen LogP contribution in [0.4, 0.5) is 0 Å². The number of amides is 1. The highest BCUT2D eigenvalue weighted by atomic mass is 32.2. The fourth-order valence-corrected chi connectivity index (χ4v) is 4.29. The van der Waals surface area contributed by atoms with E-state index in [1.807, 2.05) is 18.2 Å². The first kappa shape index (κ1) is 16.7. The summed E-state index contributed by atoms with van der Waals surface area (Å²) in [6, 6.07) is 9.17. The molecule has 1 saturated carbocycles. The van der Waals surface area contributed by atoms with Crippen molar-refractivity contribution in [1.82, 2.24) is 14.9 Å². The molecule has 0 aliphatic heterocycles. The van der Waals surface area contributed by atoms with E-state index in [-0.39, 0.29) is 11.2 Å². The van der Waals surface area contributed by atoms with Crippen molar-refractivity contribution in [2.45, 2.75) is 49.1 Å². The minimum Gasteiger partial charge on any atom is -0.352 e. The largest absolute Gasteiger partial charge is 0.352 e. The normalized spacial score (nSPS) is 16.9. The van der Waals surface area contributed by atoms with Crippen LogP contribution in [0.25, 0.3) is 5.69 Å². The summed E-state index contributed by atoms with van der Waals surface area (Å²) < 4.78 is 27.2. The monoisotopic (exact) mass is 347 g/mol. The quantitative estimate of drug-likeness (QED) is 0.898. The average molecular weight is 347 g/mol. The first-order valence-electron chi connectivity index (χ1n) is 8.13. The summed E-state index contributed by atoms with van der Waals surface area (Å²) in [6.45, 7) is 1.42. The number of hydrogen-bond donors (Lipinski definition) is 1. The smallest absolute Gasteiger partial charge is 0.238 e. The predicted molar refractivity (Wildman–Crippen MR) is 90.6 cm³/mol. The third-order valence-electron chi connectivity index (χ3n) is 4.43. The van der Waals surface area contributed by atoms with Crippen LogP contribution in [0, 0.1) is 0 Å². The van der Waals surface area contributed by atoms with Crippen molar-refractivity contribution in [2.24, 2.45) is 0 Å². The maximum atomic E-state index is 12.9. The Hall–Kier alpha value is -2.15. The molecule has 1 fully saturated rings. The van der Waals surface area contributed by atoms with Crippen molar-refractivity contribution in [1.29, 1.82) is 0 Å². The highest BCUT2D eigenvalue weighted by Crippen LogP contribution is 2.21. The Balaban J connectivity index is 1.85. The van der Waals surface area contributed by atoms with Crippen LogP contribution in [0.3, 0.4) is 0 Å². The van der Waals surface area contributed by atoms with Gasteiger partial charge in [-0.05, 0) is 31.9 Å². The van der Waals surface area contributed by atoms with E-state index in [4.69, 9.17) is 0 Å². The molecule has 3 rings (SSSR count). The van der Waals surface area contributed by atoms with Gasteiger partial charge in [0.15, 0.2) is 0 Å². The maximum Gasteiger partial charge on any atom is 0.238 e. The van der Waals surface area contributed by atoms with Gasteiger partial charge in [0.2, 0.25) is 20.9 Å². The highest BCUT2D eigenvalue weighted by Gasteiger charge is 2.34. The lowest BCUT2D eigenvalue weighted by Gasteiger charge is -2.17. The molecule has 1 aliphatic rings. The molecule has 0 spiro atoms. The van der Waals surface area contributed by atoms with Crippen LogP contribution >= 0.6 is 0 Å². The van der Waals surface area contributed by atoms with Crippen molar-refractivity contribution >= 4 is 15.7 Å². The third-order valence-corrected chi connectivity index (χ3v) is 6.39. The molecule has 128 valence electrons.